The summed E-state index contributed by atoms with van der Waals surface area (Å²) in [6, 6.07) is 3.92. The number of carbonyl (C=O) groups is 1. The quantitative estimate of drug-likeness (QED) is 0.777. The van der Waals surface area contributed by atoms with Crippen molar-refractivity contribution in [2.75, 3.05) is 19.8 Å². The van der Waals surface area contributed by atoms with Crippen LogP contribution in [0.5, 0.6) is 11.5 Å². The Morgan fingerprint density at radius 2 is 1.76 bits per heavy atom. The molecule has 1 aliphatic carbocycles. The molecule has 1 unspecified atom stereocenters. The van der Waals surface area contributed by atoms with Crippen molar-refractivity contribution in [2.24, 2.45) is 5.73 Å². The highest BCUT2D eigenvalue weighted by Gasteiger charge is 2.25. The van der Waals surface area contributed by atoms with Crippen LogP contribution in [-0.2, 0) is 22.4 Å². The standard InChI is InChI=1S/C16H23NO4/c1-3-19-14-5-6-15(13-10-11(17)9-12(13)14)21-8-7-16(18)20-4-2/h5-6,11H,3-4,7-10,17H2,1-2H3. The zero-order chi connectivity index (χ0) is 15.2. The molecule has 0 radical (unpaired) electrons. The molecule has 0 saturated heterocycles. The average Bonchev–Trinajstić information content (AvgIpc) is 2.83. The van der Waals surface area contributed by atoms with E-state index in [2.05, 4.69) is 0 Å². The third-order valence-corrected chi connectivity index (χ3v) is 3.45. The van der Waals surface area contributed by atoms with E-state index >= 15 is 0 Å². The number of carbonyl (C=O) groups excluding carboxylic acids is 1. The van der Waals surface area contributed by atoms with Gasteiger partial charge in [-0.1, -0.05) is 0 Å². The molecule has 2 rings (SSSR count). The lowest BCUT2D eigenvalue weighted by molar-refractivity contribution is -0.143. The van der Waals surface area contributed by atoms with Crippen LogP contribution in [0.3, 0.4) is 0 Å². The number of hydrogen-bond acceptors (Lipinski definition) is 5. The Bertz CT molecular complexity index is 501. The number of esters is 1. The number of hydrogen-bond donors (Lipinski definition) is 1. The molecule has 1 aliphatic rings. The minimum atomic E-state index is -0.239. The van der Waals surface area contributed by atoms with Gasteiger partial charge in [-0.05, 0) is 38.8 Å². The van der Waals surface area contributed by atoms with Crippen molar-refractivity contribution in [1.82, 2.24) is 0 Å². The summed E-state index contributed by atoms with van der Waals surface area (Å²) >= 11 is 0. The molecule has 0 heterocycles. The summed E-state index contributed by atoms with van der Waals surface area (Å²) in [4.78, 5) is 11.3. The number of rotatable bonds is 7. The molecular formula is C16H23NO4. The van der Waals surface area contributed by atoms with Crippen molar-refractivity contribution in [3.63, 3.8) is 0 Å². The molecule has 0 saturated carbocycles. The van der Waals surface area contributed by atoms with E-state index in [1.165, 1.54) is 0 Å². The molecular weight excluding hydrogens is 270 g/mol. The van der Waals surface area contributed by atoms with Crippen molar-refractivity contribution >= 4 is 5.97 Å². The molecule has 0 fully saturated rings. The molecule has 2 N–H and O–H groups in total. The van der Waals surface area contributed by atoms with E-state index in [9.17, 15) is 4.79 Å². The van der Waals surface area contributed by atoms with Crippen LogP contribution in [0, 0.1) is 0 Å². The highest BCUT2D eigenvalue weighted by Crippen LogP contribution is 2.36. The van der Waals surface area contributed by atoms with Crippen molar-refractivity contribution in [2.45, 2.75) is 39.2 Å². The van der Waals surface area contributed by atoms with Gasteiger partial charge in [-0.25, -0.2) is 0 Å². The van der Waals surface area contributed by atoms with E-state index in [4.69, 9.17) is 19.9 Å². The van der Waals surface area contributed by atoms with Crippen LogP contribution in [-0.4, -0.2) is 31.8 Å². The first-order valence-corrected chi connectivity index (χ1v) is 7.47. The summed E-state index contributed by atoms with van der Waals surface area (Å²) < 4.78 is 16.3. The van der Waals surface area contributed by atoms with Crippen molar-refractivity contribution < 1.29 is 19.0 Å². The van der Waals surface area contributed by atoms with Gasteiger partial charge in [0.1, 0.15) is 11.5 Å². The topological polar surface area (TPSA) is 70.8 Å². The predicted molar refractivity (Wildman–Crippen MR) is 79.7 cm³/mol. The monoisotopic (exact) mass is 293 g/mol. The van der Waals surface area contributed by atoms with E-state index in [1.54, 1.807) is 6.92 Å². The fraction of sp³-hybridized carbons (Fsp3) is 0.562. The van der Waals surface area contributed by atoms with E-state index in [1.807, 2.05) is 19.1 Å². The van der Waals surface area contributed by atoms with Crippen molar-refractivity contribution in [1.29, 1.82) is 0 Å². The molecule has 0 aromatic heterocycles. The third-order valence-electron chi connectivity index (χ3n) is 3.45. The Balaban J connectivity index is 2.04. The number of nitrogens with two attached hydrogens (primary N) is 1. The first-order chi connectivity index (χ1) is 10.2. The van der Waals surface area contributed by atoms with E-state index in [-0.39, 0.29) is 18.4 Å². The Morgan fingerprint density at radius 3 is 2.33 bits per heavy atom. The molecule has 5 heteroatoms. The second-order valence-electron chi connectivity index (χ2n) is 5.02. The Labute approximate surface area is 125 Å². The number of fused-ring (bicyclic) bond motifs is 1. The van der Waals surface area contributed by atoms with Gasteiger partial charge in [0, 0.05) is 17.2 Å². The molecule has 0 bridgehead atoms. The van der Waals surface area contributed by atoms with Crippen molar-refractivity contribution in [3.05, 3.63) is 23.3 Å². The molecule has 21 heavy (non-hydrogen) atoms. The summed E-state index contributed by atoms with van der Waals surface area (Å²) in [5.41, 5.74) is 8.30. The first-order valence-electron chi connectivity index (χ1n) is 7.47. The summed E-state index contributed by atoms with van der Waals surface area (Å²) in [6.45, 7) is 5.09. The smallest absolute Gasteiger partial charge is 0.309 e. The largest absolute Gasteiger partial charge is 0.494 e. The fourth-order valence-electron chi connectivity index (χ4n) is 2.60. The van der Waals surface area contributed by atoms with Crippen LogP contribution in [0.25, 0.3) is 0 Å². The van der Waals surface area contributed by atoms with Gasteiger partial charge < -0.3 is 19.9 Å². The van der Waals surface area contributed by atoms with Gasteiger partial charge in [-0.2, -0.15) is 0 Å². The normalized spacial score (nSPS) is 16.4. The first kappa shape index (κ1) is 15.6. The third kappa shape index (κ3) is 3.88. The number of benzene rings is 1. The van der Waals surface area contributed by atoms with Crippen LogP contribution in [0.4, 0.5) is 0 Å². The summed E-state index contributed by atoms with van der Waals surface area (Å²) in [7, 11) is 0. The second kappa shape index (κ2) is 7.31. The minimum absolute atomic E-state index is 0.106. The lowest BCUT2D eigenvalue weighted by Gasteiger charge is -2.14. The van der Waals surface area contributed by atoms with Crippen LogP contribution >= 0.6 is 0 Å². The zero-order valence-electron chi connectivity index (χ0n) is 12.7. The van der Waals surface area contributed by atoms with Gasteiger partial charge in [0.2, 0.25) is 0 Å². The van der Waals surface area contributed by atoms with Crippen LogP contribution in [0.1, 0.15) is 31.4 Å². The maximum Gasteiger partial charge on any atom is 0.309 e. The Morgan fingerprint density at radius 1 is 1.14 bits per heavy atom. The van der Waals surface area contributed by atoms with E-state index < -0.39 is 0 Å². The highest BCUT2D eigenvalue weighted by atomic mass is 16.5. The highest BCUT2D eigenvalue weighted by molar-refractivity contribution is 5.69. The Kier molecular flexibility index (Phi) is 5.44. The summed E-state index contributed by atoms with van der Waals surface area (Å²) in [5, 5.41) is 0. The molecule has 0 aliphatic heterocycles. The van der Waals surface area contributed by atoms with Crippen LogP contribution in [0.15, 0.2) is 12.1 Å². The number of ether oxygens (including phenoxy) is 3. The molecule has 0 amide bonds. The van der Waals surface area contributed by atoms with Gasteiger partial charge in [-0.3, -0.25) is 4.79 Å². The molecule has 116 valence electrons. The van der Waals surface area contributed by atoms with Gasteiger partial charge in [0.25, 0.3) is 0 Å². The second-order valence-corrected chi connectivity index (χ2v) is 5.02. The molecule has 0 spiro atoms. The van der Waals surface area contributed by atoms with Gasteiger partial charge in [0.15, 0.2) is 0 Å². The molecule has 1 aromatic rings. The lowest BCUT2D eigenvalue weighted by atomic mass is 10.1. The molecule has 1 atom stereocenters. The predicted octanol–water partition coefficient (Wildman–Crippen LogP) is 1.84. The molecule has 5 nitrogen and oxygen atoms in total. The van der Waals surface area contributed by atoms with Gasteiger partial charge in [-0.15, -0.1) is 0 Å². The van der Waals surface area contributed by atoms with Crippen LogP contribution < -0.4 is 15.2 Å². The van der Waals surface area contributed by atoms with Crippen molar-refractivity contribution in [3.8, 4) is 11.5 Å². The summed E-state index contributed by atoms with van der Waals surface area (Å²) in [6.07, 6.45) is 1.84. The maximum absolute atomic E-state index is 11.3. The van der Waals surface area contributed by atoms with E-state index in [0.29, 0.717) is 19.8 Å². The summed E-state index contributed by atoms with van der Waals surface area (Å²) in [5.74, 6) is 1.45. The van der Waals surface area contributed by atoms with E-state index in [0.717, 1.165) is 35.5 Å². The lowest BCUT2D eigenvalue weighted by Crippen LogP contribution is -2.19. The Hall–Kier alpha value is -1.75. The van der Waals surface area contributed by atoms with Gasteiger partial charge in [0.05, 0.1) is 26.2 Å². The van der Waals surface area contributed by atoms with Crippen LogP contribution in [0.2, 0.25) is 0 Å². The fourth-order valence-corrected chi connectivity index (χ4v) is 2.60. The van der Waals surface area contributed by atoms with Gasteiger partial charge >= 0.3 is 5.97 Å². The average molecular weight is 293 g/mol. The minimum Gasteiger partial charge on any atom is -0.494 e. The maximum atomic E-state index is 11.3. The SMILES string of the molecule is CCOC(=O)CCOc1ccc(OCC)c2c1CC(N)C2. The zero-order valence-corrected chi connectivity index (χ0v) is 12.7. The molecule has 1 aromatic carbocycles.